The van der Waals surface area contributed by atoms with E-state index in [0.717, 1.165) is 6.26 Å². The molecule has 0 N–H and O–H groups in total. The van der Waals surface area contributed by atoms with Crippen LogP contribution < -0.4 is 0 Å². The second-order valence-electron chi connectivity index (χ2n) is 0.354. The Hall–Kier alpha value is -1.04. The van der Waals surface area contributed by atoms with Crippen molar-refractivity contribution in [2.45, 2.75) is 0 Å². The highest BCUT2D eigenvalue weighted by Gasteiger charge is 1.71. The lowest BCUT2D eigenvalue weighted by molar-refractivity contribution is 0.382. The summed E-state index contributed by atoms with van der Waals surface area (Å²) in [7, 11) is 0. The summed E-state index contributed by atoms with van der Waals surface area (Å²) in [5.41, 5.74) is 0. The first-order valence-corrected chi connectivity index (χ1v) is 1.03. The maximum absolute atomic E-state index is 7.40. The van der Waals surface area contributed by atoms with E-state index in [9.17, 15) is 0 Å². The highest BCUT2D eigenvalue weighted by Crippen LogP contribution is 1.65. The molecule has 5 heavy (non-hydrogen) atoms. The molecule has 0 heterocycles. The molecular formula is C2H3N2O+. The monoisotopic (exact) mass is 71.0 g/mol. The smallest absolute Gasteiger partial charge is 0.0984 e. The Morgan fingerprint density at radius 1 is 2.00 bits per heavy atom. The molecule has 0 saturated heterocycles. The predicted octanol–water partition coefficient (Wildman–Crippen LogP) is 0.915. The fraction of sp³-hybridized carbons (Fsp3) is 0. The molecule has 0 spiro atoms. The maximum atomic E-state index is 7.40. The lowest BCUT2D eigenvalue weighted by atomic mass is 11.2. The zero-order valence-electron chi connectivity index (χ0n) is 2.59. The lowest BCUT2D eigenvalue weighted by Gasteiger charge is -1.46. The summed E-state index contributed by atoms with van der Waals surface area (Å²) in [5, 5.41) is 9.63. The molecule has 3 heteroatoms. The van der Waals surface area contributed by atoms with Crippen LogP contribution >= 0.6 is 0 Å². The van der Waals surface area contributed by atoms with Crippen LogP contribution in [0.5, 0.6) is 0 Å². The van der Waals surface area contributed by atoms with Gasteiger partial charge in [0.25, 0.3) is 5.39 Å². The second kappa shape index (κ2) is 2.96. The predicted molar refractivity (Wildman–Crippen MR) is 16.4 cm³/mol. The normalized spacial score (nSPS) is 4.60. The summed E-state index contributed by atoms with van der Waals surface area (Å²) in [5.74, 6) is 0. The average Bonchev–Trinajstić information content (AvgIpc) is 1.41. The van der Waals surface area contributed by atoms with Gasteiger partial charge in [0.2, 0.25) is 0 Å². The molecule has 0 aromatic carbocycles. The molecule has 0 bridgehead atoms. The molecule has 0 aromatic rings. The first-order valence-electron chi connectivity index (χ1n) is 1.03. The van der Waals surface area contributed by atoms with Crippen molar-refractivity contribution in [1.29, 1.82) is 5.39 Å². The number of nitrogens with zero attached hydrogens (tertiary/aromatic N) is 2. The van der Waals surface area contributed by atoms with Crippen molar-refractivity contribution in [2.24, 2.45) is 0 Å². The summed E-state index contributed by atoms with van der Waals surface area (Å²) in [4.78, 5) is 3.78. The van der Waals surface area contributed by atoms with Crippen molar-refractivity contribution >= 4 is 0 Å². The number of hydrogen-bond acceptors (Lipinski definition) is 2. The van der Waals surface area contributed by atoms with E-state index in [0.29, 0.717) is 0 Å². The molecule has 0 amide bonds. The van der Waals surface area contributed by atoms with E-state index in [1.165, 1.54) is 0 Å². The van der Waals surface area contributed by atoms with E-state index < -0.39 is 0 Å². The molecular weight excluding hydrogens is 68.0 g/mol. The van der Waals surface area contributed by atoms with Crippen LogP contribution in [0.2, 0.25) is 0 Å². The van der Waals surface area contributed by atoms with Crippen LogP contribution in [0.15, 0.2) is 12.8 Å². The molecule has 0 radical (unpaired) electrons. The summed E-state index contributed by atoms with van der Waals surface area (Å²) in [6.45, 7) is 3.07. The van der Waals surface area contributed by atoms with Gasteiger partial charge in [0.1, 0.15) is 0 Å². The fourth-order valence-corrected chi connectivity index (χ4v) is 0.0333. The molecule has 0 aliphatic rings. The van der Waals surface area contributed by atoms with Gasteiger partial charge in [-0.05, 0) is 0 Å². The van der Waals surface area contributed by atoms with Crippen LogP contribution in [0.25, 0.3) is 5.14 Å². The Morgan fingerprint density at radius 2 is 2.60 bits per heavy atom. The maximum Gasteiger partial charge on any atom is 0.462 e. The minimum atomic E-state index is 1.01. The Bertz CT molecular complexity index is 62.5. The van der Waals surface area contributed by atoms with Gasteiger partial charge in [-0.2, -0.15) is 0 Å². The molecule has 0 aliphatic heterocycles. The molecule has 26 valence electrons. The fourth-order valence-electron chi connectivity index (χ4n) is 0.0333. The van der Waals surface area contributed by atoms with Gasteiger partial charge in [0, 0.05) is 0 Å². The topological polar surface area (TPSA) is 37.4 Å². The Morgan fingerprint density at radius 3 is 2.60 bits per heavy atom. The van der Waals surface area contributed by atoms with Crippen LogP contribution in [-0.4, -0.2) is 0 Å². The zero-order chi connectivity index (χ0) is 4.12. The number of rotatable bonds is 1. The van der Waals surface area contributed by atoms with E-state index in [-0.39, 0.29) is 0 Å². The SMILES string of the molecule is C=CO[N+]#N. The molecule has 0 aromatic heterocycles. The summed E-state index contributed by atoms with van der Waals surface area (Å²) < 4.78 is 0. The number of diazo groups is 1. The summed E-state index contributed by atoms with van der Waals surface area (Å²) in [6.07, 6.45) is 1.01. The van der Waals surface area contributed by atoms with E-state index in [1.54, 1.807) is 0 Å². The third kappa shape index (κ3) is 2.96. The molecule has 0 rings (SSSR count). The van der Waals surface area contributed by atoms with E-state index in [2.05, 4.69) is 16.6 Å². The molecule has 0 atom stereocenters. The van der Waals surface area contributed by atoms with Crippen LogP contribution in [0.4, 0.5) is 0 Å². The van der Waals surface area contributed by atoms with E-state index in [4.69, 9.17) is 5.39 Å². The Balaban J connectivity index is 2.75. The van der Waals surface area contributed by atoms with Gasteiger partial charge in [0.15, 0.2) is 6.26 Å². The van der Waals surface area contributed by atoms with Crippen molar-refractivity contribution in [3.05, 3.63) is 18.0 Å². The Labute approximate surface area is 29.4 Å². The van der Waals surface area contributed by atoms with E-state index in [1.807, 2.05) is 0 Å². The summed E-state index contributed by atoms with van der Waals surface area (Å²) >= 11 is 0. The molecule has 0 aliphatic carbocycles. The molecule has 3 nitrogen and oxygen atoms in total. The van der Waals surface area contributed by atoms with Gasteiger partial charge in [-0.1, -0.05) is 11.4 Å². The third-order valence-corrected chi connectivity index (χ3v) is 0.122. The van der Waals surface area contributed by atoms with E-state index >= 15 is 0 Å². The van der Waals surface area contributed by atoms with Crippen molar-refractivity contribution in [2.75, 3.05) is 0 Å². The van der Waals surface area contributed by atoms with Crippen molar-refractivity contribution < 1.29 is 4.84 Å². The molecule has 0 saturated carbocycles. The van der Waals surface area contributed by atoms with Crippen molar-refractivity contribution in [3.63, 3.8) is 0 Å². The van der Waals surface area contributed by atoms with Crippen LogP contribution in [0.1, 0.15) is 0 Å². The first-order chi connectivity index (χ1) is 2.41. The highest BCUT2D eigenvalue weighted by atomic mass is 16.6. The Kier molecular flexibility index (Phi) is 2.34. The first kappa shape index (κ1) is 3.96. The minimum Gasteiger partial charge on any atom is -0.0984 e. The van der Waals surface area contributed by atoms with Gasteiger partial charge in [-0.25, -0.2) is 0 Å². The molecule has 0 unspecified atom stereocenters. The van der Waals surface area contributed by atoms with Crippen LogP contribution in [0, 0.1) is 5.39 Å². The van der Waals surface area contributed by atoms with Gasteiger partial charge in [-0.3, -0.25) is 0 Å². The largest absolute Gasteiger partial charge is 0.462 e. The number of hydrogen-bond donors (Lipinski definition) is 0. The summed E-state index contributed by atoms with van der Waals surface area (Å²) in [6, 6.07) is 0. The second-order valence-corrected chi connectivity index (χ2v) is 0.354. The standard InChI is InChI=1S/C2H3N2O/c1-2-5-4-3/h2H,1H2/q+1. The van der Waals surface area contributed by atoms with Gasteiger partial charge >= 0.3 is 5.14 Å². The molecule has 0 fully saturated rings. The van der Waals surface area contributed by atoms with Gasteiger partial charge in [-0.15, -0.1) is 0 Å². The van der Waals surface area contributed by atoms with Crippen molar-refractivity contribution in [1.82, 2.24) is 0 Å². The quantitative estimate of drug-likeness (QED) is 0.262. The van der Waals surface area contributed by atoms with Crippen molar-refractivity contribution in [3.8, 4) is 0 Å². The average molecular weight is 71.1 g/mol. The minimum absolute atomic E-state index is 1.01. The van der Waals surface area contributed by atoms with Crippen LogP contribution in [0.3, 0.4) is 0 Å². The van der Waals surface area contributed by atoms with Crippen LogP contribution in [-0.2, 0) is 4.84 Å². The highest BCUT2D eigenvalue weighted by molar-refractivity contribution is 4.46. The lowest BCUT2D eigenvalue weighted by Crippen LogP contribution is -1.47. The van der Waals surface area contributed by atoms with Gasteiger partial charge < -0.3 is 0 Å². The van der Waals surface area contributed by atoms with Gasteiger partial charge in [0.05, 0.1) is 0 Å². The third-order valence-electron chi connectivity index (χ3n) is 0.122. The zero-order valence-corrected chi connectivity index (χ0v) is 2.59.